The van der Waals surface area contributed by atoms with Gasteiger partial charge in [-0.2, -0.15) is 0 Å². The number of aryl methyl sites for hydroxylation is 1. The fourth-order valence-corrected chi connectivity index (χ4v) is 2.71. The van der Waals surface area contributed by atoms with Crippen LogP contribution >= 0.6 is 0 Å². The Balaban J connectivity index is 1.71. The Morgan fingerprint density at radius 3 is 2.74 bits per heavy atom. The molecule has 0 aliphatic carbocycles. The molecule has 0 fully saturated rings. The van der Waals surface area contributed by atoms with E-state index in [1.807, 2.05) is 48.5 Å². The maximum atomic E-state index is 11.9. The Morgan fingerprint density at radius 1 is 1.22 bits per heavy atom. The molecule has 0 amide bonds. The van der Waals surface area contributed by atoms with E-state index in [0.29, 0.717) is 13.0 Å². The molecule has 120 valence electrons. The van der Waals surface area contributed by atoms with Gasteiger partial charge in [0.25, 0.3) is 0 Å². The Bertz CT molecular complexity index is 696. The summed E-state index contributed by atoms with van der Waals surface area (Å²) in [7, 11) is 1.38. The lowest BCUT2D eigenvalue weighted by Gasteiger charge is -2.33. The molecule has 0 spiro atoms. The number of ether oxygens (including phenoxy) is 3. The molecule has 0 radical (unpaired) electrons. The lowest BCUT2D eigenvalue weighted by atomic mass is 9.92. The molecule has 2 aromatic carbocycles. The van der Waals surface area contributed by atoms with Crippen LogP contribution in [0.1, 0.15) is 24.5 Å². The van der Waals surface area contributed by atoms with E-state index in [1.165, 1.54) is 7.11 Å². The van der Waals surface area contributed by atoms with Crippen LogP contribution in [0, 0.1) is 0 Å². The van der Waals surface area contributed by atoms with Gasteiger partial charge in [-0.1, -0.05) is 30.3 Å². The first kappa shape index (κ1) is 15.4. The van der Waals surface area contributed by atoms with Crippen LogP contribution in [0.25, 0.3) is 0 Å². The van der Waals surface area contributed by atoms with Crippen LogP contribution in [-0.4, -0.2) is 18.7 Å². The number of benzene rings is 2. The van der Waals surface area contributed by atoms with Gasteiger partial charge in [-0.3, -0.25) is 0 Å². The molecule has 0 bridgehead atoms. The van der Waals surface area contributed by atoms with Gasteiger partial charge in [0.1, 0.15) is 18.1 Å². The number of esters is 1. The summed E-state index contributed by atoms with van der Waals surface area (Å²) >= 11 is 0. The van der Waals surface area contributed by atoms with E-state index in [4.69, 9.17) is 14.2 Å². The molecule has 0 saturated heterocycles. The Morgan fingerprint density at radius 2 is 2.00 bits per heavy atom. The molecular weight excluding hydrogens is 292 g/mol. The number of fused-ring (bicyclic) bond motifs is 1. The van der Waals surface area contributed by atoms with E-state index in [2.05, 4.69) is 0 Å². The molecule has 0 N–H and O–H groups in total. The fourth-order valence-electron chi connectivity index (χ4n) is 2.71. The Labute approximate surface area is 136 Å². The highest BCUT2D eigenvalue weighted by atomic mass is 16.6. The number of carbonyl (C=O) groups excluding carboxylic acids is 1. The predicted molar refractivity (Wildman–Crippen MR) is 86.6 cm³/mol. The monoisotopic (exact) mass is 312 g/mol. The average molecular weight is 312 g/mol. The van der Waals surface area contributed by atoms with Gasteiger partial charge in [-0.05, 0) is 42.7 Å². The molecule has 1 heterocycles. The van der Waals surface area contributed by atoms with Crippen LogP contribution in [0.4, 0.5) is 0 Å². The molecule has 1 aliphatic rings. The number of hydrogen-bond acceptors (Lipinski definition) is 4. The van der Waals surface area contributed by atoms with Gasteiger partial charge >= 0.3 is 5.97 Å². The van der Waals surface area contributed by atoms with Gasteiger partial charge in [0, 0.05) is 6.42 Å². The standard InChI is InChI=1S/C19H20O4/c1-19(18(20)21-2)11-10-15-12-16(8-9-17(15)23-19)22-13-14-6-4-3-5-7-14/h3-9,12H,10-11,13H2,1-2H3/t19-/m0/s1. The number of carbonyl (C=O) groups is 1. The molecular formula is C19H20O4. The van der Waals surface area contributed by atoms with E-state index in [0.717, 1.165) is 29.0 Å². The van der Waals surface area contributed by atoms with Crippen molar-refractivity contribution in [1.29, 1.82) is 0 Å². The first-order chi connectivity index (χ1) is 11.1. The summed E-state index contributed by atoms with van der Waals surface area (Å²) in [6, 6.07) is 15.7. The van der Waals surface area contributed by atoms with Crippen molar-refractivity contribution < 1.29 is 19.0 Å². The van der Waals surface area contributed by atoms with E-state index >= 15 is 0 Å². The molecule has 23 heavy (non-hydrogen) atoms. The molecule has 4 nitrogen and oxygen atoms in total. The normalized spacial score (nSPS) is 19.4. The zero-order chi connectivity index (χ0) is 16.3. The van der Waals surface area contributed by atoms with Gasteiger partial charge in [-0.25, -0.2) is 4.79 Å². The first-order valence-corrected chi connectivity index (χ1v) is 7.68. The predicted octanol–water partition coefficient (Wildman–Crippen LogP) is 3.52. The SMILES string of the molecule is COC(=O)[C@]1(C)CCc2cc(OCc3ccccc3)ccc2O1. The van der Waals surface area contributed by atoms with Crippen molar-refractivity contribution >= 4 is 5.97 Å². The summed E-state index contributed by atoms with van der Waals surface area (Å²) in [6.07, 6.45) is 1.35. The minimum Gasteiger partial charge on any atom is -0.489 e. The van der Waals surface area contributed by atoms with Crippen LogP contribution in [0.5, 0.6) is 11.5 Å². The highest BCUT2D eigenvalue weighted by molar-refractivity contribution is 5.80. The van der Waals surface area contributed by atoms with Gasteiger partial charge in [-0.15, -0.1) is 0 Å². The number of methoxy groups -OCH3 is 1. The summed E-state index contributed by atoms with van der Waals surface area (Å²) in [5.74, 6) is 1.18. The maximum Gasteiger partial charge on any atom is 0.349 e. The molecule has 2 aromatic rings. The lowest BCUT2D eigenvalue weighted by Crippen LogP contribution is -2.45. The van der Waals surface area contributed by atoms with E-state index < -0.39 is 5.60 Å². The Kier molecular flexibility index (Phi) is 4.24. The van der Waals surface area contributed by atoms with Gasteiger partial charge in [0.15, 0.2) is 0 Å². The lowest BCUT2D eigenvalue weighted by molar-refractivity contribution is -0.159. The van der Waals surface area contributed by atoms with Crippen molar-refractivity contribution in [3.05, 3.63) is 59.7 Å². The smallest absolute Gasteiger partial charge is 0.349 e. The molecule has 4 heteroatoms. The van der Waals surface area contributed by atoms with E-state index in [1.54, 1.807) is 6.92 Å². The quantitative estimate of drug-likeness (QED) is 0.810. The second-order valence-corrected chi connectivity index (χ2v) is 5.87. The average Bonchev–Trinajstić information content (AvgIpc) is 2.60. The van der Waals surface area contributed by atoms with Gasteiger partial charge in [0.2, 0.25) is 5.60 Å². The van der Waals surface area contributed by atoms with Crippen LogP contribution in [0.3, 0.4) is 0 Å². The molecule has 1 atom stereocenters. The van der Waals surface area contributed by atoms with Crippen molar-refractivity contribution in [3.8, 4) is 11.5 Å². The summed E-state index contributed by atoms with van der Waals surface area (Å²) in [5, 5.41) is 0. The highest BCUT2D eigenvalue weighted by Crippen LogP contribution is 2.36. The minimum absolute atomic E-state index is 0.340. The summed E-state index contributed by atoms with van der Waals surface area (Å²) in [6.45, 7) is 2.29. The van der Waals surface area contributed by atoms with Crippen LogP contribution in [0.15, 0.2) is 48.5 Å². The van der Waals surface area contributed by atoms with Gasteiger partial charge < -0.3 is 14.2 Å². The third-order valence-electron chi connectivity index (χ3n) is 4.10. The van der Waals surface area contributed by atoms with Gasteiger partial charge in [0.05, 0.1) is 7.11 Å². The summed E-state index contributed by atoms with van der Waals surface area (Å²) in [5.41, 5.74) is 1.27. The molecule has 0 saturated carbocycles. The van der Waals surface area contributed by atoms with Crippen molar-refractivity contribution in [2.24, 2.45) is 0 Å². The van der Waals surface area contributed by atoms with Crippen molar-refractivity contribution in [2.75, 3.05) is 7.11 Å². The second-order valence-electron chi connectivity index (χ2n) is 5.87. The molecule has 3 rings (SSSR count). The highest BCUT2D eigenvalue weighted by Gasteiger charge is 2.40. The second kappa shape index (κ2) is 6.32. The number of rotatable bonds is 4. The zero-order valence-corrected chi connectivity index (χ0v) is 13.4. The van der Waals surface area contributed by atoms with Crippen LogP contribution in [0.2, 0.25) is 0 Å². The summed E-state index contributed by atoms with van der Waals surface area (Å²) < 4.78 is 16.5. The van der Waals surface area contributed by atoms with Crippen LogP contribution in [-0.2, 0) is 22.6 Å². The minimum atomic E-state index is -0.909. The zero-order valence-electron chi connectivity index (χ0n) is 13.4. The molecule has 1 aliphatic heterocycles. The third kappa shape index (κ3) is 3.31. The maximum absolute atomic E-state index is 11.9. The van der Waals surface area contributed by atoms with Crippen molar-refractivity contribution in [2.45, 2.75) is 32.0 Å². The van der Waals surface area contributed by atoms with Crippen LogP contribution < -0.4 is 9.47 Å². The van der Waals surface area contributed by atoms with E-state index in [-0.39, 0.29) is 5.97 Å². The Hall–Kier alpha value is -2.49. The van der Waals surface area contributed by atoms with Crippen molar-refractivity contribution in [1.82, 2.24) is 0 Å². The largest absolute Gasteiger partial charge is 0.489 e. The third-order valence-corrected chi connectivity index (χ3v) is 4.10. The number of hydrogen-bond donors (Lipinski definition) is 0. The molecule has 0 aromatic heterocycles. The first-order valence-electron chi connectivity index (χ1n) is 7.68. The van der Waals surface area contributed by atoms with E-state index in [9.17, 15) is 4.79 Å². The molecule has 0 unspecified atom stereocenters. The summed E-state index contributed by atoms with van der Waals surface area (Å²) in [4.78, 5) is 11.9. The van der Waals surface area contributed by atoms with Crippen molar-refractivity contribution in [3.63, 3.8) is 0 Å². The topological polar surface area (TPSA) is 44.8 Å². The fraction of sp³-hybridized carbons (Fsp3) is 0.316.